The number of aliphatic hydroxyl groups is 1. The third-order valence-electron chi connectivity index (χ3n) is 6.45. The number of imidazole rings is 1. The number of carbonyl (C=O) groups is 1. The first-order valence-electron chi connectivity index (χ1n) is 13.3. The number of halogens is 1. The Labute approximate surface area is 243 Å². The molecule has 14 nitrogen and oxygen atoms in total. The number of ether oxygens (including phenoxy) is 2. The second kappa shape index (κ2) is 12.5. The third kappa shape index (κ3) is 6.65. The van der Waals surface area contributed by atoms with Crippen LogP contribution in [0.5, 0.6) is 5.75 Å². The van der Waals surface area contributed by atoms with Crippen molar-refractivity contribution in [2.45, 2.75) is 63.9 Å². The van der Waals surface area contributed by atoms with E-state index >= 15 is 4.39 Å². The number of alkyl halides is 1. The highest BCUT2D eigenvalue weighted by atomic mass is 31.2. The van der Waals surface area contributed by atoms with Crippen LogP contribution in [0.15, 0.2) is 36.7 Å². The Kier molecular flexibility index (Phi) is 9.38. The molecule has 1 aliphatic rings. The molecular weight excluding hydrogens is 572 g/mol. The van der Waals surface area contributed by atoms with Crippen LogP contribution in [0.4, 0.5) is 16.2 Å². The molecule has 0 radical (unpaired) electrons. The molecule has 4 rings (SSSR count). The molecule has 0 bridgehead atoms. The fourth-order valence-electron chi connectivity index (χ4n) is 4.35. The summed E-state index contributed by atoms with van der Waals surface area (Å²) >= 11 is 0. The summed E-state index contributed by atoms with van der Waals surface area (Å²) in [6.07, 6.45) is -3.40. The number of rotatable bonds is 12. The summed E-state index contributed by atoms with van der Waals surface area (Å²) in [5.41, 5.74) is -1.66. The van der Waals surface area contributed by atoms with Crippen LogP contribution >= 0.6 is 7.75 Å². The van der Waals surface area contributed by atoms with Crippen molar-refractivity contribution < 1.29 is 37.4 Å². The molecule has 3 aromatic rings. The second-order valence-corrected chi connectivity index (χ2v) is 12.2. The Morgan fingerprint density at radius 3 is 2.57 bits per heavy atom. The summed E-state index contributed by atoms with van der Waals surface area (Å²) in [7, 11) is 0.944. The molecule has 1 aliphatic heterocycles. The number of esters is 1. The maximum Gasteiger partial charge on any atom is 0.459 e. The van der Waals surface area contributed by atoms with Crippen LogP contribution < -0.4 is 19.8 Å². The molecule has 16 heteroatoms. The van der Waals surface area contributed by atoms with Gasteiger partial charge in [0.2, 0.25) is 5.95 Å². The molecular formula is C26H37FN7O7P. The number of hydrogen-bond donors (Lipinski definition) is 3. The van der Waals surface area contributed by atoms with E-state index in [2.05, 4.69) is 25.4 Å². The molecule has 1 aromatic carbocycles. The van der Waals surface area contributed by atoms with Gasteiger partial charge in [0.1, 0.15) is 24.0 Å². The van der Waals surface area contributed by atoms with Gasteiger partial charge in [0.15, 0.2) is 28.9 Å². The monoisotopic (exact) mass is 609 g/mol. The molecule has 3 heterocycles. The quantitative estimate of drug-likeness (QED) is 0.203. The van der Waals surface area contributed by atoms with Crippen molar-refractivity contribution >= 4 is 36.6 Å². The Hall–Kier alpha value is -3.36. The number of aliphatic hydroxyl groups excluding tert-OH is 1. The van der Waals surface area contributed by atoms with Gasteiger partial charge in [-0.3, -0.25) is 13.9 Å². The van der Waals surface area contributed by atoms with E-state index < -0.39 is 56.6 Å². The molecule has 0 amide bonds. The first-order valence-corrected chi connectivity index (χ1v) is 14.9. The van der Waals surface area contributed by atoms with Crippen LogP contribution in [0.1, 0.15) is 33.9 Å². The van der Waals surface area contributed by atoms with E-state index in [0.717, 1.165) is 0 Å². The summed E-state index contributed by atoms with van der Waals surface area (Å²) in [6.45, 7) is 5.44. The lowest BCUT2D eigenvalue weighted by atomic mass is 9.98. The molecule has 0 saturated carbocycles. The van der Waals surface area contributed by atoms with Crippen LogP contribution in [0, 0.1) is 0 Å². The maximum atomic E-state index is 16.1. The van der Waals surface area contributed by atoms with Crippen molar-refractivity contribution in [1.29, 1.82) is 0 Å². The predicted molar refractivity (Wildman–Crippen MR) is 153 cm³/mol. The molecule has 0 unspecified atom stereocenters. The standard InChI is InChI=1S/C26H37FN7O7P/c1-15(2)39-23(36)16(3)32-42(37,41-17-11-9-8-10-12-17)38-13-18-20(35)26(4,27)24(40-18)34-14-29-19-21(33(6)7)30-25(28-5)31-22(19)34/h8-12,14-16,18,20,24,35H,13H2,1-7H3,(H,32,37)(H,28,30,31)/t16-,18+,20+,24+,26+,42+/m0/s1. The predicted octanol–water partition coefficient (Wildman–Crippen LogP) is 3.05. The number of benzene rings is 1. The minimum absolute atomic E-state index is 0.195. The summed E-state index contributed by atoms with van der Waals surface area (Å²) in [5, 5.41) is 16.4. The highest BCUT2D eigenvalue weighted by Gasteiger charge is 2.56. The minimum Gasteiger partial charge on any atom is -0.462 e. The molecule has 2 aromatic heterocycles. The van der Waals surface area contributed by atoms with Crippen LogP contribution in [0.2, 0.25) is 0 Å². The Bertz CT molecular complexity index is 1440. The van der Waals surface area contributed by atoms with E-state index in [4.69, 9.17) is 18.5 Å². The number of para-hydroxylation sites is 1. The summed E-state index contributed by atoms with van der Waals surface area (Å²) in [4.78, 5) is 27.4. The van der Waals surface area contributed by atoms with Crippen molar-refractivity contribution in [3.63, 3.8) is 0 Å². The average molecular weight is 610 g/mol. The fraction of sp³-hybridized carbons (Fsp3) is 0.538. The average Bonchev–Trinajstić information content (AvgIpc) is 3.44. The van der Waals surface area contributed by atoms with Gasteiger partial charge in [0, 0.05) is 21.1 Å². The molecule has 0 spiro atoms. The van der Waals surface area contributed by atoms with Crippen molar-refractivity contribution in [3.05, 3.63) is 36.7 Å². The Morgan fingerprint density at radius 1 is 1.26 bits per heavy atom. The molecule has 0 aliphatic carbocycles. The topological polar surface area (TPSA) is 162 Å². The van der Waals surface area contributed by atoms with Gasteiger partial charge in [0.05, 0.1) is 19.0 Å². The number of nitrogens with one attached hydrogen (secondary N) is 2. The molecule has 6 atom stereocenters. The highest BCUT2D eigenvalue weighted by molar-refractivity contribution is 7.52. The van der Waals surface area contributed by atoms with E-state index in [1.54, 1.807) is 70.2 Å². The first-order chi connectivity index (χ1) is 19.8. The van der Waals surface area contributed by atoms with E-state index in [-0.39, 0.29) is 17.3 Å². The number of carbonyl (C=O) groups excluding carboxylic acids is 1. The summed E-state index contributed by atoms with van der Waals surface area (Å²) in [6, 6.07) is 7.10. The fourth-order valence-corrected chi connectivity index (χ4v) is 5.86. The largest absolute Gasteiger partial charge is 0.462 e. The third-order valence-corrected chi connectivity index (χ3v) is 8.10. The number of nitrogens with zero attached hydrogens (tertiary/aromatic N) is 5. The maximum absolute atomic E-state index is 16.1. The van der Waals surface area contributed by atoms with Crippen LogP contribution in [-0.4, -0.2) is 88.4 Å². The summed E-state index contributed by atoms with van der Waals surface area (Å²) < 4.78 is 53.7. The van der Waals surface area contributed by atoms with E-state index in [0.29, 0.717) is 11.3 Å². The van der Waals surface area contributed by atoms with Crippen molar-refractivity contribution in [2.24, 2.45) is 0 Å². The van der Waals surface area contributed by atoms with Gasteiger partial charge in [0.25, 0.3) is 0 Å². The van der Waals surface area contributed by atoms with Crippen molar-refractivity contribution in [2.75, 3.05) is 38.0 Å². The Balaban J connectivity index is 1.59. The van der Waals surface area contributed by atoms with Gasteiger partial charge < -0.3 is 29.3 Å². The number of hydrogen-bond acceptors (Lipinski definition) is 12. The van der Waals surface area contributed by atoms with Crippen molar-refractivity contribution in [1.82, 2.24) is 24.6 Å². The van der Waals surface area contributed by atoms with Crippen LogP contribution in [-0.2, 0) is 23.4 Å². The number of fused-ring (bicyclic) bond motifs is 1. The molecule has 42 heavy (non-hydrogen) atoms. The first kappa shape index (κ1) is 31.6. The zero-order valence-electron chi connectivity index (χ0n) is 24.5. The SMILES string of the molecule is CNc1nc(N(C)C)c2ncn([C@@H]3O[C@H](CO[P@](=O)(N[C@@H](C)C(=O)OC(C)C)Oc4ccccc4)[C@@H](O)[C@@]3(C)F)c2n1. The van der Waals surface area contributed by atoms with Gasteiger partial charge in [-0.1, -0.05) is 18.2 Å². The van der Waals surface area contributed by atoms with Gasteiger partial charge in [-0.2, -0.15) is 15.1 Å². The lowest BCUT2D eigenvalue weighted by molar-refractivity contribution is -0.149. The van der Waals surface area contributed by atoms with Crippen molar-refractivity contribution in [3.8, 4) is 5.75 Å². The zero-order chi connectivity index (χ0) is 30.8. The van der Waals surface area contributed by atoms with Gasteiger partial charge in [-0.05, 0) is 39.8 Å². The van der Waals surface area contributed by atoms with Gasteiger partial charge >= 0.3 is 13.7 Å². The van der Waals surface area contributed by atoms with E-state index in [9.17, 15) is 14.5 Å². The smallest absolute Gasteiger partial charge is 0.459 e. The molecule has 3 N–H and O–H groups in total. The summed E-state index contributed by atoms with van der Waals surface area (Å²) in [5.74, 6) is 0.297. The van der Waals surface area contributed by atoms with Crippen LogP contribution in [0.3, 0.4) is 0 Å². The minimum atomic E-state index is -4.28. The molecule has 1 fully saturated rings. The molecule has 230 valence electrons. The highest BCUT2D eigenvalue weighted by Crippen LogP contribution is 2.48. The lowest BCUT2D eigenvalue weighted by Gasteiger charge is -2.25. The zero-order valence-corrected chi connectivity index (χ0v) is 25.4. The van der Waals surface area contributed by atoms with E-state index in [1.165, 1.54) is 24.7 Å². The number of aromatic nitrogens is 4. The van der Waals surface area contributed by atoms with Gasteiger partial charge in [-0.15, -0.1) is 0 Å². The normalized spacial score (nSPS) is 24.4. The second-order valence-electron chi connectivity index (χ2n) is 10.5. The molecule has 1 saturated heterocycles. The number of anilines is 2. The van der Waals surface area contributed by atoms with Gasteiger partial charge in [-0.25, -0.2) is 13.9 Å². The Morgan fingerprint density at radius 2 is 1.95 bits per heavy atom. The van der Waals surface area contributed by atoms with Crippen LogP contribution in [0.25, 0.3) is 11.2 Å². The van der Waals surface area contributed by atoms with E-state index in [1.807, 2.05) is 0 Å². The lowest BCUT2D eigenvalue weighted by Crippen LogP contribution is -2.41.